The van der Waals surface area contributed by atoms with Crippen LogP contribution in [-0.2, 0) is 0 Å². The molecular formula is C7H8OS4. The van der Waals surface area contributed by atoms with Crippen molar-refractivity contribution in [2.45, 2.75) is 21.3 Å². The van der Waals surface area contributed by atoms with Gasteiger partial charge in [-0.1, -0.05) is 22.7 Å². The van der Waals surface area contributed by atoms with Crippen LogP contribution in [-0.4, -0.2) is 11.5 Å². The highest BCUT2D eigenvalue weighted by Crippen LogP contribution is 2.38. The average molecular weight is 236 g/mol. The van der Waals surface area contributed by atoms with Gasteiger partial charge in [0.25, 0.3) is 4.06 Å². The molecular weight excluding hydrogens is 228 g/mol. The molecule has 0 saturated carbocycles. The summed E-state index contributed by atoms with van der Waals surface area (Å²) in [7, 11) is 0. The van der Waals surface area contributed by atoms with Crippen molar-refractivity contribution in [3.63, 3.8) is 0 Å². The molecule has 1 aromatic rings. The Morgan fingerprint density at radius 2 is 1.42 bits per heavy atom. The topological polar surface area (TPSA) is 17.1 Å². The van der Waals surface area contributed by atoms with E-state index in [1.165, 1.54) is 55.4 Å². The third-order valence-corrected chi connectivity index (χ3v) is 6.78. The van der Waals surface area contributed by atoms with Gasteiger partial charge in [0.15, 0.2) is 0 Å². The SMILES string of the molecule is O=c1sc2c(s1)SCCCCS2. The van der Waals surface area contributed by atoms with Gasteiger partial charge in [0, 0.05) is 0 Å². The summed E-state index contributed by atoms with van der Waals surface area (Å²) in [5.41, 5.74) is 0. The van der Waals surface area contributed by atoms with E-state index in [0.29, 0.717) is 0 Å². The first kappa shape index (κ1) is 9.12. The molecule has 0 aliphatic carbocycles. The van der Waals surface area contributed by atoms with Crippen molar-refractivity contribution in [2.24, 2.45) is 0 Å². The monoisotopic (exact) mass is 236 g/mol. The van der Waals surface area contributed by atoms with Gasteiger partial charge in [-0.15, -0.1) is 23.5 Å². The molecule has 0 unspecified atom stereocenters. The molecule has 2 heterocycles. The van der Waals surface area contributed by atoms with Crippen molar-refractivity contribution in [1.82, 2.24) is 0 Å². The smallest absolute Gasteiger partial charge is 0.265 e. The highest BCUT2D eigenvalue weighted by molar-refractivity contribution is 8.05. The molecule has 5 heteroatoms. The maximum absolute atomic E-state index is 11.1. The Morgan fingerprint density at radius 3 is 1.92 bits per heavy atom. The van der Waals surface area contributed by atoms with E-state index >= 15 is 0 Å². The summed E-state index contributed by atoms with van der Waals surface area (Å²) >= 11 is 6.54. The molecule has 0 bridgehead atoms. The fourth-order valence-corrected chi connectivity index (χ4v) is 6.35. The van der Waals surface area contributed by atoms with Gasteiger partial charge in [-0.25, -0.2) is 0 Å². The Kier molecular flexibility index (Phi) is 3.17. The Balaban J connectivity index is 2.29. The summed E-state index contributed by atoms with van der Waals surface area (Å²) in [6.45, 7) is 0. The quantitative estimate of drug-likeness (QED) is 0.689. The second kappa shape index (κ2) is 4.17. The second-order valence-electron chi connectivity index (χ2n) is 2.43. The summed E-state index contributed by atoms with van der Waals surface area (Å²) in [6, 6.07) is 0. The van der Waals surface area contributed by atoms with Crippen LogP contribution in [0.25, 0.3) is 0 Å². The predicted molar refractivity (Wildman–Crippen MR) is 59.1 cm³/mol. The van der Waals surface area contributed by atoms with Crippen LogP contribution in [0, 0.1) is 0 Å². The van der Waals surface area contributed by atoms with Crippen molar-refractivity contribution < 1.29 is 0 Å². The minimum Gasteiger partial charge on any atom is -0.265 e. The maximum atomic E-state index is 11.1. The van der Waals surface area contributed by atoms with Crippen molar-refractivity contribution in [3.05, 3.63) is 8.85 Å². The zero-order valence-electron chi connectivity index (χ0n) is 6.37. The highest BCUT2D eigenvalue weighted by Gasteiger charge is 2.11. The second-order valence-corrected chi connectivity index (χ2v) is 7.38. The van der Waals surface area contributed by atoms with E-state index in [1.807, 2.05) is 23.5 Å². The molecule has 0 amide bonds. The predicted octanol–water partition coefficient (Wildman–Crippen LogP) is 3.15. The van der Waals surface area contributed by atoms with Crippen LogP contribution in [0.1, 0.15) is 12.8 Å². The molecule has 0 aromatic carbocycles. The molecule has 1 nitrogen and oxygen atoms in total. The molecule has 0 atom stereocenters. The Morgan fingerprint density at radius 1 is 0.917 bits per heavy atom. The third kappa shape index (κ3) is 2.07. The molecule has 66 valence electrons. The standard InChI is InChI=1S/C7H8OS4/c8-7-11-5-6(12-7)10-4-2-1-3-9-5/h1-4H2. The zero-order chi connectivity index (χ0) is 8.39. The van der Waals surface area contributed by atoms with Crippen LogP contribution in [0.2, 0.25) is 0 Å². The lowest BCUT2D eigenvalue weighted by Gasteiger charge is -2.06. The van der Waals surface area contributed by atoms with Crippen LogP contribution >= 0.6 is 46.2 Å². The molecule has 12 heavy (non-hydrogen) atoms. The minimum atomic E-state index is 0.252. The van der Waals surface area contributed by atoms with E-state index in [4.69, 9.17) is 0 Å². The number of hydrogen-bond acceptors (Lipinski definition) is 5. The Hall–Kier alpha value is 0.550. The maximum Gasteiger partial charge on any atom is 0.289 e. The van der Waals surface area contributed by atoms with E-state index < -0.39 is 0 Å². The molecule has 1 aliphatic heterocycles. The number of rotatable bonds is 0. The summed E-state index contributed by atoms with van der Waals surface area (Å²) < 4.78 is 2.77. The Labute approximate surface area is 87.6 Å². The molecule has 1 aromatic heterocycles. The molecule has 0 fully saturated rings. The lowest BCUT2D eigenvalue weighted by atomic mass is 10.4. The van der Waals surface area contributed by atoms with Crippen molar-refractivity contribution in [2.75, 3.05) is 11.5 Å². The van der Waals surface area contributed by atoms with Gasteiger partial charge < -0.3 is 0 Å². The van der Waals surface area contributed by atoms with Crippen LogP contribution < -0.4 is 4.06 Å². The first-order chi connectivity index (χ1) is 5.86. The highest BCUT2D eigenvalue weighted by atomic mass is 32.2. The first-order valence-electron chi connectivity index (χ1n) is 3.76. The van der Waals surface area contributed by atoms with Gasteiger partial charge in [0.1, 0.15) is 0 Å². The van der Waals surface area contributed by atoms with Crippen LogP contribution in [0.5, 0.6) is 0 Å². The number of thioether (sulfide) groups is 2. The molecule has 0 saturated heterocycles. The molecule has 0 radical (unpaired) electrons. The fraction of sp³-hybridized carbons (Fsp3) is 0.571. The van der Waals surface area contributed by atoms with Crippen molar-refractivity contribution in [3.8, 4) is 0 Å². The van der Waals surface area contributed by atoms with E-state index in [0.717, 1.165) is 0 Å². The van der Waals surface area contributed by atoms with E-state index in [2.05, 4.69) is 0 Å². The van der Waals surface area contributed by atoms with Crippen LogP contribution in [0.4, 0.5) is 0 Å². The van der Waals surface area contributed by atoms with Crippen molar-refractivity contribution in [1.29, 1.82) is 0 Å². The first-order valence-corrected chi connectivity index (χ1v) is 7.36. The molecule has 0 N–H and O–H groups in total. The lowest BCUT2D eigenvalue weighted by Crippen LogP contribution is -1.87. The zero-order valence-corrected chi connectivity index (χ0v) is 9.64. The van der Waals surface area contributed by atoms with E-state index in [-0.39, 0.29) is 4.06 Å². The third-order valence-electron chi connectivity index (χ3n) is 1.52. The summed E-state index contributed by atoms with van der Waals surface area (Å²) in [5.74, 6) is 2.36. The van der Waals surface area contributed by atoms with Crippen molar-refractivity contribution >= 4 is 46.2 Å². The van der Waals surface area contributed by atoms with Gasteiger partial charge in [0.05, 0.1) is 8.42 Å². The van der Waals surface area contributed by atoms with Gasteiger partial charge in [-0.3, -0.25) is 4.79 Å². The Bertz CT molecular complexity index is 285. The normalized spacial score (nSPS) is 18.0. The average Bonchev–Trinajstić information content (AvgIpc) is 2.32. The van der Waals surface area contributed by atoms with Gasteiger partial charge in [0.2, 0.25) is 0 Å². The summed E-state index contributed by atoms with van der Waals surface area (Å²) in [6.07, 6.45) is 2.57. The summed E-state index contributed by atoms with van der Waals surface area (Å²) in [5, 5.41) is 0. The molecule has 2 rings (SSSR count). The lowest BCUT2D eigenvalue weighted by molar-refractivity contribution is 0.904. The molecule has 1 aliphatic rings. The van der Waals surface area contributed by atoms with E-state index in [1.54, 1.807) is 0 Å². The summed E-state index contributed by atoms with van der Waals surface area (Å²) in [4.78, 5) is 11.1. The largest absolute Gasteiger partial charge is 0.289 e. The molecule has 0 spiro atoms. The van der Waals surface area contributed by atoms with Crippen LogP contribution in [0.15, 0.2) is 13.2 Å². The number of hydrogen-bond donors (Lipinski definition) is 0. The van der Waals surface area contributed by atoms with Crippen LogP contribution in [0.3, 0.4) is 0 Å². The minimum absolute atomic E-state index is 0.252. The fourth-order valence-electron chi connectivity index (χ4n) is 0.966. The number of fused-ring (bicyclic) bond motifs is 1. The van der Waals surface area contributed by atoms with Gasteiger partial charge in [-0.2, -0.15) is 0 Å². The van der Waals surface area contributed by atoms with E-state index in [9.17, 15) is 4.79 Å². The van der Waals surface area contributed by atoms with Gasteiger partial charge in [-0.05, 0) is 24.3 Å². The van der Waals surface area contributed by atoms with Gasteiger partial charge >= 0.3 is 0 Å².